The molecular weight excluding hydrogens is 270 g/mol. The van der Waals surface area contributed by atoms with Crippen molar-refractivity contribution in [2.75, 3.05) is 25.0 Å². The van der Waals surface area contributed by atoms with Crippen LogP contribution in [-0.2, 0) is 6.54 Å². The molecule has 1 fully saturated rings. The van der Waals surface area contributed by atoms with Crippen LogP contribution in [0.25, 0.3) is 0 Å². The van der Waals surface area contributed by atoms with Gasteiger partial charge in [0.15, 0.2) is 0 Å². The molecule has 1 aromatic heterocycles. The zero-order valence-electron chi connectivity index (χ0n) is 12.9. The van der Waals surface area contributed by atoms with E-state index in [-0.39, 0.29) is 10.6 Å². The van der Waals surface area contributed by atoms with Gasteiger partial charge in [-0.05, 0) is 51.6 Å². The SMILES string of the molecule is CCCn1nc(C)c([N+](=O)[O-])c1NCCC1CCCNC1. The van der Waals surface area contributed by atoms with E-state index < -0.39 is 0 Å². The van der Waals surface area contributed by atoms with Gasteiger partial charge in [0.25, 0.3) is 0 Å². The number of aryl methyl sites for hydroxylation is 2. The van der Waals surface area contributed by atoms with E-state index in [1.54, 1.807) is 11.6 Å². The molecule has 0 saturated carbocycles. The number of nitrogens with one attached hydrogen (secondary N) is 2. The second-order valence-corrected chi connectivity index (χ2v) is 5.69. The Kier molecular flexibility index (Phi) is 5.55. The van der Waals surface area contributed by atoms with Gasteiger partial charge >= 0.3 is 5.69 Å². The van der Waals surface area contributed by atoms with E-state index in [2.05, 4.69) is 15.7 Å². The van der Waals surface area contributed by atoms with E-state index in [0.717, 1.165) is 32.5 Å². The van der Waals surface area contributed by atoms with Crippen molar-refractivity contribution in [1.29, 1.82) is 0 Å². The Morgan fingerprint density at radius 2 is 2.38 bits per heavy atom. The Bertz CT molecular complexity index is 480. The first-order chi connectivity index (χ1) is 10.1. The molecule has 1 aliphatic heterocycles. The minimum Gasteiger partial charge on any atom is -0.365 e. The van der Waals surface area contributed by atoms with E-state index in [1.807, 2.05) is 6.92 Å². The summed E-state index contributed by atoms with van der Waals surface area (Å²) in [6.45, 7) is 7.35. The van der Waals surface area contributed by atoms with Crippen LogP contribution in [0.15, 0.2) is 0 Å². The molecule has 1 unspecified atom stereocenters. The van der Waals surface area contributed by atoms with E-state index in [4.69, 9.17) is 0 Å². The number of aromatic nitrogens is 2. The summed E-state index contributed by atoms with van der Waals surface area (Å²) in [4.78, 5) is 10.9. The van der Waals surface area contributed by atoms with Crippen molar-refractivity contribution in [2.45, 2.75) is 46.1 Å². The largest absolute Gasteiger partial charge is 0.365 e. The molecule has 2 rings (SSSR count). The lowest BCUT2D eigenvalue weighted by molar-refractivity contribution is -0.384. The first-order valence-electron chi connectivity index (χ1n) is 7.79. The van der Waals surface area contributed by atoms with Gasteiger partial charge in [-0.1, -0.05) is 6.92 Å². The molecule has 0 aromatic carbocycles. The lowest BCUT2D eigenvalue weighted by Crippen LogP contribution is -2.30. The molecule has 118 valence electrons. The van der Waals surface area contributed by atoms with Crippen LogP contribution in [0.4, 0.5) is 11.5 Å². The van der Waals surface area contributed by atoms with Crippen LogP contribution in [-0.4, -0.2) is 34.3 Å². The first kappa shape index (κ1) is 15.8. The van der Waals surface area contributed by atoms with E-state index >= 15 is 0 Å². The Labute approximate surface area is 125 Å². The smallest absolute Gasteiger partial charge is 0.333 e. The third kappa shape index (κ3) is 3.93. The van der Waals surface area contributed by atoms with Crippen LogP contribution in [0.3, 0.4) is 0 Å². The van der Waals surface area contributed by atoms with Crippen LogP contribution in [0.1, 0.15) is 38.3 Å². The number of rotatable bonds is 7. The second-order valence-electron chi connectivity index (χ2n) is 5.69. The zero-order valence-corrected chi connectivity index (χ0v) is 12.9. The summed E-state index contributed by atoms with van der Waals surface area (Å²) in [5, 5.41) is 22.2. The van der Waals surface area contributed by atoms with Crippen LogP contribution in [0.5, 0.6) is 0 Å². The second kappa shape index (κ2) is 7.40. The summed E-state index contributed by atoms with van der Waals surface area (Å²) in [5.41, 5.74) is 0.598. The average molecular weight is 295 g/mol. The van der Waals surface area contributed by atoms with Gasteiger partial charge in [0.05, 0.1) is 4.92 Å². The predicted octanol–water partition coefficient (Wildman–Crippen LogP) is 2.31. The molecule has 1 saturated heterocycles. The van der Waals surface area contributed by atoms with Crippen molar-refractivity contribution in [2.24, 2.45) is 5.92 Å². The van der Waals surface area contributed by atoms with Crippen molar-refractivity contribution >= 4 is 11.5 Å². The Hall–Kier alpha value is -1.63. The quantitative estimate of drug-likeness (QED) is 0.595. The highest BCUT2D eigenvalue weighted by atomic mass is 16.6. The first-order valence-corrected chi connectivity index (χ1v) is 7.79. The molecule has 0 aliphatic carbocycles. The summed E-state index contributed by atoms with van der Waals surface area (Å²) in [6, 6.07) is 0. The molecule has 1 atom stereocenters. The van der Waals surface area contributed by atoms with E-state index in [9.17, 15) is 10.1 Å². The van der Waals surface area contributed by atoms with Gasteiger partial charge in [-0.3, -0.25) is 10.1 Å². The van der Waals surface area contributed by atoms with Crippen LogP contribution in [0, 0.1) is 23.0 Å². The highest BCUT2D eigenvalue weighted by Gasteiger charge is 2.25. The minimum atomic E-state index is -0.334. The van der Waals surface area contributed by atoms with Gasteiger partial charge < -0.3 is 10.6 Å². The lowest BCUT2D eigenvalue weighted by atomic mass is 9.96. The molecule has 1 aromatic rings. The molecule has 2 heterocycles. The molecule has 21 heavy (non-hydrogen) atoms. The summed E-state index contributed by atoms with van der Waals surface area (Å²) >= 11 is 0. The molecule has 0 amide bonds. The monoisotopic (exact) mass is 295 g/mol. The maximum Gasteiger partial charge on any atom is 0.333 e. The molecule has 7 heteroatoms. The number of nitro groups is 1. The van der Waals surface area contributed by atoms with Gasteiger partial charge in [0.2, 0.25) is 5.82 Å². The summed E-state index contributed by atoms with van der Waals surface area (Å²) in [7, 11) is 0. The van der Waals surface area contributed by atoms with E-state index in [0.29, 0.717) is 24.0 Å². The molecule has 7 nitrogen and oxygen atoms in total. The number of piperidine rings is 1. The van der Waals surface area contributed by atoms with Gasteiger partial charge in [-0.15, -0.1) is 0 Å². The van der Waals surface area contributed by atoms with E-state index in [1.165, 1.54) is 12.8 Å². The van der Waals surface area contributed by atoms with Gasteiger partial charge in [-0.25, -0.2) is 4.68 Å². The molecule has 2 N–H and O–H groups in total. The fraction of sp³-hybridized carbons (Fsp3) is 0.786. The van der Waals surface area contributed by atoms with Crippen LogP contribution in [0.2, 0.25) is 0 Å². The van der Waals surface area contributed by atoms with Crippen molar-refractivity contribution in [3.8, 4) is 0 Å². The van der Waals surface area contributed by atoms with Crippen molar-refractivity contribution < 1.29 is 4.92 Å². The van der Waals surface area contributed by atoms with Gasteiger partial charge in [-0.2, -0.15) is 5.10 Å². The topological polar surface area (TPSA) is 85.0 Å². The normalized spacial score (nSPS) is 18.7. The predicted molar refractivity (Wildman–Crippen MR) is 82.6 cm³/mol. The number of anilines is 1. The van der Waals surface area contributed by atoms with Crippen LogP contribution >= 0.6 is 0 Å². The highest BCUT2D eigenvalue weighted by Crippen LogP contribution is 2.28. The van der Waals surface area contributed by atoms with Crippen molar-refractivity contribution in [3.05, 3.63) is 15.8 Å². The van der Waals surface area contributed by atoms with Gasteiger partial charge in [0, 0.05) is 13.1 Å². The molecule has 0 radical (unpaired) electrons. The number of hydrogen-bond acceptors (Lipinski definition) is 5. The zero-order chi connectivity index (χ0) is 15.2. The average Bonchev–Trinajstić information content (AvgIpc) is 2.76. The van der Waals surface area contributed by atoms with Crippen molar-refractivity contribution in [1.82, 2.24) is 15.1 Å². The maximum absolute atomic E-state index is 11.2. The third-order valence-corrected chi connectivity index (χ3v) is 3.96. The maximum atomic E-state index is 11.2. The Morgan fingerprint density at radius 3 is 3.00 bits per heavy atom. The molecular formula is C14H25N5O2. The fourth-order valence-corrected chi connectivity index (χ4v) is 2.90. The number of hydrogen-bond donors (Lipinski definition) is 2. The lowest BCUT2D eigenvalue weighted by Gasteiger charge is -2.22. The Morgan fingerprint density at radius 1 is 1.57 bits per heavy atom. The highest BCUT2D eigenvalue weighted by molar-refractivity contribution is 5.59. The molecule has 0 spiro atoms. The summed E-state index contributed by atoms with van der Waals surface area (Å²) in [6.07, 6.45) is 4.39. The fourth-order valence-electron chi connectivity index (χ4n) is 2.90. The summed E-state index contributed by atoms with van der Waals surface area (Å²) < 4.78 is 1.73. The van der Waals surface area contributed by atoms with Gasteiger partial charge in [0.1, 0.15) is 5.69 Å². The molecule has 0 bridgehead atoms. The standard InChI is InChI=1S/C14H25N5O2/c1-3-9-18-14(13(19(20)21)11(2)17-18)16-8-6-12-5-4-7-15-10-12/h12,15-16H,3-10H2,1-2H3. The molecule has 1 aliphatic rings. The van der Waals surface area contributed by atoms with Crippen molar-refractivity contribution in [3.63, 3.8) is 0 Å². The summed E-state index contributed by atoms with van der Waals surface area (Å²) in [5.74, 6) is 1.22. The number of nitrogens with zero attached hydrogens (tertiary/aromatic N) is 3. The van der Waals surface area contributed by atoms with Crippen LogP contribution < -0.4 is 10.6 Å². The minimum absolute atomic E-state index is 0.116. The third-order valence-electron chi connectivity index (χ3n) is 3.96. The Balaban J connectivity index is 2.01.